The first-order valence-electron chi connectivity index (χ1n) is 5.76. The Morgan fingerprint density at radius 2 is 2.14 bits per heavy atom. The summed E-state index contributed by atoms with van der Waals surface area (Å²) >= 11 is 0. The summed E-state index contributed by atoms with van der Waals surface area (Å²) in [6, 6.07) is 2.85. The maximum absolute atomic E-state index is 8.97. The van der Waals surface area contributed by atoms with Crippen LogP contribution in [-0.4, -0.2) is 11.6 Å². The monoisotopic (exact) mass is 194 g/mol. The van der Waals surface area contributed by atoms with Crippen LogP contribution in [0.2, 0.25) is 0 Å². The topological polar surface area (TPSA) is 35.8 Å². The minimum atomic E-state index is 0.193. The first-order valence-corrected chi connectivity index (χ1v) is 5.76. The van der Waals surface area contributed by atoms with E-state index in [1.54, 1.807) is 0 Å². The minimum Gasteiger partial charge on any atom is -0.308 e. The molecule has 0 aromatic carbocycles. The molecule has 14 heavy (non-hydrogen) atoms. The predicted molar refractivity (Wildman–Crippen MR) is 58.9 cm³/mol. The summed E-state index contributed by atoms with van der Waals surface area (Å²) in [7, 11) is 0. The second-order valence-electron chi connectivity index (χ2n) is 5.05. The van der Waals surface area contributed by atoms with Crippen LogP contribution < -0.4 is 5.32 Å². The molecule has 0 aliphatic heterocycles. The van der Waals surface area contributed by atoms with E-state index in [0.29, 0.717) is 6.04 Å². The first-order chi connectivity index (χ1) is 6.59. The van der Waals surface area contributed by atoms with Crippen LogP contribution in [0.5, 0.6) is 0 Å². The van der Waals surface area contributed by atoms with E-state index in [2.05, 4.69) is 32.2 Å². The molecule has 1 aliphatic carbocycles. The van der Waals surface area contributed by atoms with Gasteiger partial charge in [-0.3, -0.25) is 0 Å². The number of rotatable bonds is 4. The molecular formula is C12H22N2. The molecule has 1 rings (SSSR count). The van der Waals surface area contributed by atoms with Gasteiger partial charge in [0.15, 0.2) is 0 Å². The Bertz CT molecular complexity index is 215. The summed E-state index contributed by atoms with van der Waals surface area (Å²) in [6.45, 7) is 6.69. The van der Waals surface area contributed by atoms with Crippen LogP contribution in [0.3, 0.4) is 0 Å². The van der Waals surface area contributed by atoms with Gasteiger partial charge < -0.3 is 5.32 Å². The molecule has 0 aromatic rings. The number of nitrogens with one attached hydrogen (secondary N) is 1. The Hall–Kier alpha value is -0.550. The summed E-state index contributed by atoms with van der Waals surface area (Å²) in [4.78, 5) is 0. The molecule has 0 radical (unpaired) electrons. The molecule has 2 heteroatoms. The van der Waals surface area contributed by atoms with Crippen LogP contribution in [0.25, 0.3) is 0 Å². The summed E-state index contributed by atoms with van der Waals surface area (Å²) in [6.07, 6.45) is 5.84. The van der Waals surface area contributed by atoms with E-state index in [1.165, 1.54) is 25.7 Å². The van der Waals surface area contributed by atoms with E-state index in [4.69, 9.17) is 5.26 Å². The molecule has 1 aliphatic rings. The average Bonchev–Trinajstić information content (AvgIpc) is 2.50. The lowest BCUT2D eigenvalue weighted by molar-refractivity contribution is 0.294. The third-order valence-electron chi connectivity index (χ3n) is 3.13. The highest BCUT2D eigenvalue weighted by atomic mass is 15.0. The third kappa shape index (κ3) is 2.99. The van der Waals surface area contributed by atoms with Crippen molar-refractivity contribution in [2.24, 2.45) is 5.92 Å². The van der Waals surface area contributed by atoms with Crippen LogP contribution in [0.15, 0.2) is 0 Å². The highest BCUT2D eigenvalue weighted by molar-refractivity contribution is 4.98. The molecule has 80 valence electrons. The van der Waals surface area contributed by atoms with E-state index in [0.717, 1.165) is 6.42 Å². The van der Waals surface area contributed by atoms with Crippen molar-refractivity contribution in [3.8, 4) is 6.07 Å². The van der Waals surface area contributed by atoms with Crippen molar-refractivity contribution in [3.05, 3.63) is 0 Å². The van der Waals surface area contributed by atoms with Crippen LogP contribution >= 0.6 is 0 Å². The fourth-order valence-corrected chi connectivity index (χ4v) is 2.49. The van der Waals surface area contributed by atoms with Crippen molar-refractivity contribution in [3.63, 3.8) is 0 Å². The first kappa shape index (κ1) is 11.5. The Kier molecular flexibility index (Phi) is 3.95. The molecule has 1 fully saturated rings. The van der Waals surface area contributed by atoms with E-state index in [-0.39, 0.29) is 11.5 Å². The standard InChI is InChI=1S/C12H22N2/c1-4-8-12(2,3)14-11-7-5-6-10(11)9-13/h10-11,14H,4-8H2,1-3H3. The molecule has 2 nitrogen and oxygen atoms in total. The minimum absolute atomic E-state index is 0.193. The lowest BCUT2D eigenvalue weighted by Gasteiger charge is -2.31. The van der Waals surface area contributed by atoms with Gasteiger partial charge in [0.25, 0.3) is 0 Å². The van der Waals surface area contributed by atoms with Gasteiger partial charge in [-0.2, -0.15) is 5.26 Å². The Morgan fingerprint density at radius 1 is 1.43 bits per heavy atom. The normalized spacial score (nSPS) is 27.6. The molecule has 0 amide bonds. The number of hydrogen-bond donors (Lipinski definition) is 1. The Balaban J connectivity index is 2.47. The summed E-state index contributed by atoms with van der Waals surface area (Å²) in [5, 5.41) is 12.6. The maximum Gasteiger partial charge on any atom is 0.0672 e. The predicted octanol–water partition coefficient (Wildman–Crippen LogP) is 2.85. The molecule has 1 saturated carbocycles. The molecule has 0 spiro atoms. The molecule has 1 N–H and O–H groups in total. The van der Waals surface area contributed by atoms with E-state index in [9.17, 15) is 0 Å². The fraction of sp³-hybridized carbons (Fsp3) is 0.917. The van der Waals surface area contributed by atoms with Gasteiger partial charge in [0.05, 0.1) is 12.0 Å². The van der Waals surface area contributed by atoms with Crippen molar-refractivity contribution in [2.75, 3.05) is 0 Å². The van der Waals surface area contributed by atoms with Crippen LogP contribution in [-0.2, 0) is 0 Å². The lowest BCUT2D eigenvalue weighted by atomic mass is 9.95. The van der Waals surface area contributed by atoms with Gasteiger partial charge in [-0.1, -0.05) is 19.8 Å². The van der Waals surface area contributed by atoms with Crippen LogP contribution in [0.1, 0.15) is 52.9 Å². The quantitative estimate of drug-likeness (QED) is 0.747. The lowest BCUT2D eigenvalue weighted by Crippen LogP contribution is -2.47. The highest BCUT2D eigenvalue weighted by Gasteiger charge is 2.31. The summed E-state index contributed by atoms with van der Waals surface area (Å²) < 4.78 is 0. The summed E-state index contributed by atoms with van der Waals surface area (Å²) in [5.74, 6) is 0.242. The van der Waals surface area contributed by atoms with Gasteiger partial charge in [-0.05, 0) is 33.1 Å². The summed E-state index contributed by atoms with van der Waals surface area (Å²) in [5.41, 5.74) is 0.193. The van der Waals surface area contributed by atoms with Gasteiger partial charge >= 0.3 is 0 Å². The van der Waals surface area contributed by atoms with Crippen molar-refractivity contribution >= 4 is 0 Å². The van der Waals surface area contributed by atoms with Crippen molar-refractivity contribution in [1.29, 1.82) is 5.26 Å². The number of nitrogens with zero attached hydrogens (tertiary/aromatic N) is 1. The van der Waals surface area contributed by atoms with Gasteiger partial charge in [0.1, 0.15) is 0 Å². The average molecular weight is 194 g/mol. The van der Waals surface area contributed by atoms with Gasteiger partial charge in [0, 0.05) is 11.6 Å². The van der Waals surface area contributed by atoms with Crippen molar-refractivity contribution in [2.45, 2.75) is 64.5 Å². The Labute approximate surface area is 87.7 Å². The molecule has 0 aromatic heterocycles. The molecule has 0 saturated heterocycles. The molecule has 0 heterocycles. The second-order valence-corrected chi connectivity index (χ2v) is 5.05. The van der Waals surface area contributed by atoms with Crippen LogP contribution in [0, 0.1) is 17.2 Å². The molecular weight excluding hydrogens is 172 g/mol. The fourth-order valence-electron chi connectivity index (χ4n) is 2.49. The van der Waals surface area contributed by atoms with Crippen molar-refractivity contribution in [1.82, 2.24) is 5.32 Å². The highest BCUT2D eigenvalue weighted by Crippen LogP contribution is 2.27. The maximum atomic E-state index is 8.97. The van der Waals surface area contributed by atoms with Gasteiger partial charge in [-0.15, -0.1) is 0 Å². The third-order valence-corrected chi connectivity index (χ3v) is 3.13. The van der Waals surface area contributed by atoms with Crippen LogP contribution in [0.4, 0.5) is 0 Å². The SMILES string of the molecule is CCCC(C)(C)NC1CCCC1C#N. The van der Waals surface area contributed by atoms with E-state index >= 15 is 0 Å². The molecule has 2 unspecified atom stereocenters. The van der Waals surface area contributed by atoms with E-state index < -0.39 is 0 Å². The van der Waals surface area contributed by atoms with Gasteiger partial charge in [-0.25, -0.2) is 0 Å². The zero-order chi connectivity index (χ0) is 10.6. The van der Waals surface area contributed by atoms with Gasteiger partial charge in [0.2, 0.25) is 0 Å². The zero-order valence-electron chi connectivity index (χ0n) is 9.64. The van der Waals surface area contributed by atoms with Crippen molar-refractivity contribution < 1.29 is 0 Å². The Morgan fingerprint density at radius 3 is 2.71 bits per heavy atom. The number of hydrogen-bond acceptors (Lipinski definition) is 2. The largest absolute Gasteiger partial charge is 0.308 e. The van der Waals surface area contributed by atoms with E-state index in [1.807, 2.05) is 0 Å². The number of nitriles is 1. The second kappa shape index (κ2) is 4.79. The molecule has 2 atom stereocenters. The molecule has 0 bridgehead atoms. The smallest absolute Gasteiger partial charge is 0.0672 e. The zero-order valence-corrected chi connectivity index (χ0v) is 9.64.